The Labute approximate surface area is 108 Å². The predicted octanol–water partition coefficient (Wildman–Crippen LogP) is 3.23. The lowest BCUT2D eigenvalue weighted by atomic mass is 10.1. The van der Waals surface area contributed by atoms with Crippen LogP contribution in [0, 0.1) is 12.7 Å². The summed E-state index contributed by atoms with van der Waals surface area (Å²) in [6.07, 6.45) is 1.89. The van der Waals surface area contributed by atoms with Gasteiger partial charge in [0.25, 0.3) is 0 Å². The van der Waals surface area contributed by atoms with Crippen LogP contribution in [0.2, 0.25) is 0 Å². The normalized spacial score (nSPS) is 12.7. The molecule has 0 saturated carbocycles. The monoisotopic (exact) mass is 297 g/mol. The Morgan fingerprint density at radius 1 is 1.47 bits per heavy atom. The van der Waals surface area contributed by atoms with Crippen LogP contribution in [0.5, 0.6) is 0 Å². The maximum absolute atomic E-state index is 13.0. The second-order valence-electron chi connectivity index (χ2n) is 4.03. The average Bonchev–Trinajstić information content (AvgIpc) is 2.71. The Morgan fingerprint density at radius 3 is 2.82 bits per heavy atom. The van der Waals surface area contributed by atoms with Crippen LogP contribution in [0.4, 0.5) is 4.39 Å². The molecule has 1 atom stereocenters. The molecular weight excluding hydrogens is 285 g/mol. The largest absolute Gasteiger partial charge is 0.248 e. The number of hydrogen-bond acceptors (Lipinski definition) is 2. The third kappa shape index (κ3) is 2.91. The van der Waals surface area contributed by atoms with E-state index in [4.69, 9.17) is 0 Å². The molecule has 0 saturated heterocycles. The maximum atomic E-state index is 13.0. The zero-order chi connectivity index (χ0) is 12.4. The lowest BCUT2D eigenvalue weighted by Crippen LogP contribution is -2.02. The van der Waals surface area contributed by atoms with Crippen molar-refractivity contribution < 1.29 is 4.39 Å². The van der Waals surface area contributed by atoms with Gasteiger partial charge in [-0.25, -0.2) is 9.07 Å². The Morgan fingerprint density at radius 2 is 2.24 bits per heavy atom. The molecule has 0 radical (unpaired) electrons. The molecule has 0 aliphatic heterocycles. The van der Waals surface area contributed by atoms with E-state index in [0.29, 0.717) is 6.54 Å². The van der Waals surface area contributed by atoms with Gasteiger partial charge in [0.2, 0.25) is 0 Å². The zero-order valence-electron chi connectivity index (χ0n) is 9.69. The van der Waals surface area contributed by atoms with E-state index in [-0.39, 0.29) is 10.6 Å². The van der Waals surface area contributed by atoms with Crippen molar-refractivity contribution in [1.82, 2.24) is 15.0 Å². The molecule has 0 aliphatic rings. The molecule has 17 heavy (non-hydrogen) atoms. The van der Waals surface area contributed by atoms with Crippen LogP contribution in [-0.4, -0.2) is 15.0 Å². The number of halogens is 2. The van der Waals surface area contributed by atoms with Gasteiger partial charge < -0.3 is 0 Å². The fourth-order valence-corrected chi connectivity index (χ4v) is 1.79. The van der Waals surface area contributed by atoms with Gasteiger partial charge in [-0.1, -0.05) is 27.2 Å². The molecule has 1 unspecified atom stereocenters. The smallest absolute Gasteiger partial charge is 0.123 e. The molecular formula is C12H13BrFN3. The summed E-state index contributed by atoms with van der Waals surface area (Å²) in [4.78, 5) is 0.186. The fraction of sp³-hybridized carbons (Fsp3) is 0.333. The quantitative estimate of drug-likeness (QED) is 0.815. The highest BCUT2D eigenvalue weighted by Crippen LogP contribution is 2.19. The van der Waals surface area contributed by atoms with E-state index >= 15 is 0 Å². The zero-order valence-corrected chi connectivity index (χ0v) is 11.3. The van der Waals surface area contributed by atoms with E-state index in [1.807, 2.05) is 20.0 Å². The van der Waals surface area contributed by atoms with E-state index in [2.05, 4.69) is 26.2 Å². The van der Waals surface area contributed by atoms with Crippen LogP contribution in [0.15, 0.2) is 24.4 Å². The highest BCUT2D eigenvalue weighted by molar-refractivity contribution is 9.09. The lowest BCUT2D eigenvalue weighted by molar-refractivity contribution is 0.619. The van der Waals surface area contributed by atoms with Crippen molar-refractivity contribution in [3.63, 3.8) is 0 Å². The second-order valence-corrected chi connectivity index (χ2v) is 5.40. The highest BCUT2D eigenvalue weighted by Gasteiger charge is 2.07. The summed E-state index contributed by atoms with van der Waals surface area (Å²) in [5, 5.41) is 8.09. The molecule has 2 aromatic rings. The van der Waals surface area contributed by atoms with Gasteiger partial charge in [0, 0.05) is 6.20 Å². The maximum Gasteiger partial charge on any atom is 0.123 e. The fourth-order valence-electron chi connectivity index (χ4n) is 1.58. The van der Waals surface area contributed by atoms with Crippen molar-refractivity contribution in [1.29, 1.82) is 0 Å². The Kier molecular flexibility index (Phi) is 3.57. The molecule has 0 aliphatic carbocycles. The van der Waals surface area contributed by atoms with Crippen LogP contribution < -0.4 is 0 Å². The third-order valence-corrected chi connectivity index (χ3v) is 3.07. The summed E-state index contributed by atoms with van der Waals surface area (Å²) in [6, 6.07) is 4.77. The number of aryl methyl sites for hydroxylation is 1. The number of aromatic nitrogens is 3. The predicted molar refractivity (Wildman–Crippen MR) is 67.6 cm³/mol. The molecule has 0 bridgehead atoms. The van der Waals surface area contributed by atoms with Gasteiger partial charge in [0.1, 0.15) is 5.82 Å². The van der Waals surface area contributed by atoms with Gasteiger partial charge in [0.15, 0.2) is 0 Å². The first kappa shape index (κ1) is 12.2. The Hall–Kier alpha value is -1.23. The molecule has 90 valence electrons. The van der Waals surface area contributed by atoms with E-state index in [0.717, 1.165) is 16.8 Å². The summed E-state index contributed by atoms with van der Waals surface area (Å²) >= 11 is 3.44. The topological polar surface area (TPSA) is 30.7 Å². The molecule has 0 fully saturated rings. The number of benzene rings is 1. The first-order chi connectivity index (χ1) is 8.06. The minimum Gasteiger partial charge on any atom is -0.248 e. The van der Waals surface area contributed by atoms with E-state index < -0.39 is 0 Å². The van der Waals surface area contributed by atoms with Gasteiger partial charge in [-0.15, -0.1) is 5.10 Å². The van der Waals surface area contributed by atoms with Gasteiger partial charge in [-0.05, 0) is 37.1 Å². The third-order valence-electron chi connectivity index (χ3n) is 2.60. The van der Waals surface area contributed by atoms with Gasteiger partial charge in [-0.3, -0.25) is 0 Å². The van der Waals surface area contributed by atoms with E-state index in [9.17, 15) is 4.39 Å². The van der Waals surface area contributed by atoms with E-state index in [1.54, 1.807) is 10.7 Å². The SMILES string of the molecule is Cc1cc(F)ccc1Cn1cc(C(C)Br)nn1. The van der Waals surface area contributed by atoms with Crippen LogP contribution >= 0.6 is 15.9 Å². The van der Waals surface area contributed by atoms with Gasteiger partial charge in [-0.2, -0.15) is 0 Å². The lowest BCUT2D eigenvalue weighted by Gasteiger charge is -2.05. The number of hydrogen-bond donors (Lipinski definition) is 0. The minimum absolute atomic E-state index is 0.186. The molecule has 1 aromatic carbocycles. The molecule has 1 aromatic heterocycles. The average molecular weight is 298 g/mol. The molecule has 1 heterocycles. The summed E-state index contributed by atoms with van der Waals surface area (Å²) in [5.74, 6) is -0.209. The first-order valence-electron chi connectivity index (χ1n) is 5.35. The number of nitrogens with zero attached hydrogens (tertiary/aromatic N) is 3. The van der Waals surface area contributed by atoms with Gasteiger partial charge in [0.05, 0.1) is 17.1 Å². The standard InChI is InChI=1S/C12H13BrFN3/c1-8-5-11(14)4-3-10(8)6-17-7-12(9(2)13)15-16-17/h3-5,7,9H,6H2,1-2H3. The van der Waals surface area contributed by atoms with Crippen molar-refractivity contribution in [2.24, 2.45) is 0 Å². The second kappa shape index (κ2) is 4.96. The first-order valence-corrected chi connectivity index (χ1v) is 6.27. The van der Waals surface area contributed by atoms with Crippen molar-refractivity contribution in [2.75, 3.05) is 0 Å². The van der Waals surface area contributed by atoms with Crippen LogP contribution in [0.3, 0.4) is 0 Å². The molecule has 0 amide bonds. The minimum atomic E-state index is -0.209. The van der Waals surface area contributed by atoms with Gasteiger partial charge >= 0.3 is 0 Å². The summed E-state index contributed by atoms with van der Waals surface area (Å²) in [6.45, 7) is 4.50. The number of rotatable bonds is 3. The molecule has 3 nitrogen and oxygen atoms in total. The van der Waals surface area contributed by atoms with Crippen molar-refractivity contribution in [2.45, 2.75) is 25.2 Å². The molecule has 2 rings (SSSR count). The molecule has 0 N–H and O–H groups in total. The Balaban J connectivity index is 2.19. The van der Waals surface area contributed by atoms with Crippen LogP contribution in [-0.2, 0) is 6.54 Å². The van der Waals surface area contributed by atoms with Crippen molar-refractivity contribution in [3.8, 4) is 0 Å². The van der Waals surface area contributed by atoms with E-state index in [1.165, 1.54) is 12.1 Å². The summed E-state index contributed by atoms with van der Waals surface area (Å²) in [7, 11) is 0. The molecule has 0 spiro atoms. The summed E-state index contributed by atoms with van der Waals surface area (Å²) < 4.78 is 14.7. The van der Waals surface area contributed by atoms with Crippen LogP contribution in [0.1, 0.15) is 28.6 Å². The number of alkyl halides is 1. The van der Waals surface area contributed by atoms with Crippen LogP contribution in [0.25, 0.3) is 0 Å². The van der Waals surface area contributed by atoms with Crippen molar-refractivity contribution >= 4 is 15.9 Å². The van der Waals surface area contributed by atoms with Crippen molar-refractivity contribution in [3.05, 3.63) is 47.0 Å². The summed E-state index contributed by atoms with van der Waals surface area (Å²) in [5.41, 5.74) is 2.86. The highest BCUT2D eigenvalue weighted by atomic mass is 79.9. The Bertz CT molecular complexity index is 522. The molecule has 5 heteroatoms.